The molecule has 1 unspecified atom stereocenters. The van der Waals surface area contributed by atoms with Crippen LogP contribution in [0.3, 0.4) is 0 Å². The maximum atomic E-state index is 5.46. The number of anilines is 1. The van der Waals surface area contributed by atoms with Crippen molar-refractivity contribution in [2.45, 2.75) is 26.4 Å². The van der Waals surface area contributed by atoms with Crippen molar-refractivity contribution in [2.24, 2.45) is 0 Å². The van der Waals surface area contributed by atoms with Gasteiger partial charge in [-0.2, -0.15) is 4.98 Å². The van der Waals surface area contributed by atoms with Crippen LogP contribution in [0, 0.1) is 0 Å². The van der Waals surface area contributed by atoms with Gasteiger partial charge in [0.1, 0.15) is 6.10 Å². The number of hydrogen-bond donors (Lipinski definition) is 1. The zero-order chi connectivity index (χ0) is 13.2. The van der Waals surface area contributed by atoms with Gasteiger partial charge < -0.3 is 14.6 Å². The average molecular weight is 259 g/mol. The zero-order valence-electron chi connectivity index (χ0n) is 11.1. The molecule has 1 N–H and O–H groups in total. The summed E-state index contributed by atoms with van der Waals surface area (Å²) in [5.74, 6) is 1.15. The zero-order valence-corrected chi connectivity index (χ0v) is 11.1. The molecular weight excluding hydrogens is 242 g/mol. The summed E-state index contributed by atoms with van der Waals surface area (Å²) in [6.45, 7) is 5.50. The van der Waals surface area contributed by atoms with Gasteiger partial charge in [-0.15, -0.1) is 0 Å². The van der Waals surface area contributed by atoms with E-state index in [1.165, 1.54) is 11.3 Å². The molecule has 5 heteroatoms. The molecule has 2 heterocycles. The first-order chi connectivity index (χ1) is 9.28. The maximum absolute atomic E-state index is 5.46. The highest BCUT2D eigenvalue weighted by Crippen LogP contribution is 2.28. The van der Waals surface area contributed by atoms with Gasteiger partial charge >= 0.3 is 0 Å². The van der Waals surface area contributed by atoms with E-state index in [-0.39, 0.29) is 6.10 Å². The van der Waals surface area contributed by atoms with E-state index in [9.17, 15) is 0 Å². The lowest BCUT2D eigenvalue weighted by molar-refractivity contribution is 0.0683. The number of nitrogens with zero attached hydrogens (tertiary/aromatic N) is 2. The number of hydrogen-bond acceptors (Lipinski definition) is 5. The van der Waals surface area contributed by atoms with E-state index in [4.69, 9.17) is 9.26 Å². The smallest absolute Gasteiger partial charge is 0.258 e. The van der Waals surface area contributed by atoms with Gasteiger partial charge in [0.05, 0.1) is 0 Å². The molecule has 0 fully saturated rings. The van der Waals surface area contributed by atoms with Crippen molar-refractivity contribution in [1.82, 2.24) is 10.1 Å². The van der Waals surface area contributed by atoms with E-state index >= 15 is 0 Å². The van der Waals surface area contributed by atoms with Crippen LogP contribution in [0.4, 0.5) is 5.69 Å². The minimum absolute atomic E-state index is 0.140. The molecule has 2 aromatic rings. The fourth-order valence-corrected chi connectivity index (χ4v) is 2.28. The first-order valence-corrected chi connectivity index (χ1v) is 6.60. The third-order valence-electron chi connectivity index (χ3n) is 3.28. The normalized spacial score (nSPS) is 15.1. The third-order valence-corrected chi connectivity index (χ3v) is 3.28. The molecule has 100 valence electrons. The van der Waals surface area contributed by atoms with Crippen molar-refractivity contribution in [3.63, 3.8) is 0 Å². The van der Waals surface area contributed by atoms with Crippen LogP contribution in [0.15, 0.2) is 22.7 Å². The van der Waals surface area contributed by atoms with Crippen LogP contribution in [0.2, 0.25) is 0 Å². The molecule has 0 saturated carbocycles. The largest absolute Gasteiger partial charge is 0.384 e. The Morgan fingerprint density at radius 2 is 2.37 bits per heavy atom. The summed E-state index contributed by atoms with van der Waals surface area (Å²) in [5.41, 5.74) is 3.46. The maximum Gasteiger partial charge on any atom is 0.258 e. The Morgan fingerprint density at radius 3 is 3.21 bits per heavy atom. The molecule has 1 atom stereocenters. The molecule has 1 aromatic carbocycles. The van der Waals surface area contributed by atoms with E-state index in [0.29, 0.717) is 18.3 Å². The Bertz CT molecular complexity index is 580. The van der Waals surface area contributed by atoms with Gasteiger partial charge in [0.25, 0.3) is 5.89 Å². The van der Waals surface area contributed by atoms with E-state index < -0.39 is 0 Å². The summed E-state index contributed by atoms with van der Waals surface area (Å²) in [5, 5.41) is 7.31. The van der Waals surface area contributed by atoms with Crippen LogP contribution >= 0.6 is 0 Å². The van der Waals surface area contributed by atoms with Crippen LogP contribution < -0.4 is 5.32 Å². The van der Waals surface area contributed by atoms with Crippen LogP contribution in [0.1, 0.15) is 31.3 Å². The molecule has 0 bridgehead atoms. The Kier molecular flexibility index (Phi) is 3.21. The number of rotatable bonds is 4. The number of nitrogens with one attached hydrogen (secondary N) is 1. The first kappa shape index (κ1) is 12.2. The highest BCUT2D eigenvalue weighted by Gasteiger charge is 2.17. The molecule has 3 rings (SSSR count). The Morgan fingerprint density at radius 1 is 1.47 bits per heavy atom. The number of benzene rings is 1. The molecule has 0 aliphatic carbocycles. The van der Waals surface area contributed by atoms with Crippen molar-refractivity contribution < 1.29 is 9.26 Å². The lowest BCUT2D eigenvalue weighted by Crippen LogP contribution is -2.01. The molecular formula is C14H17N3O2. The standard InChI is InChI=1S/C14H17N3O2/c1-3-18-9(2)13-16-14(19-17-13)11-4-5-12-10(8-11)6-7-15-12/h4-5,8-9,15H,3,6-7H2,1-2H3. The molecule has 19 heavy (non-hydrogen) atoms. The van der Waals surface area contributed by atoms with Gasteiger partial charge in [-0.05, 0) is 44.0 Å². The molecule has 0 radical (unpaired) electrons. The molecule has 1 aromatic heterocycles. The summed E-state index contributed by atoms with van der Waals surface area (Å²) in [4.78, 5) is 4.40. The predicted octanol–water partition coefficient (Wildman–Crippen LogP) is 2.80. The van der Waals surface area contributed by atoms with Gasteiger partial charge in [-0.25, -0.2) is 0 Å². The second kappa shape index (κ2) is 5.01. The van der Waals surface area contributed by atoms with Gasteiger partial charge in [-0.3, -0.25) is 0 Å². The fourth-order valence-electron chi connectivity index (χ4n) is 2.28. The first-order valence-electron chi connectivity index (χ1n) is 6.60. The number of fused-ring (bicyclic) bond motifs is 1. The Hall–Kier alpha value is -1.88. The van der Waals surface area contributed by atoms with Crippen molar-refractivity contribution >= 4 is 5.69 Å². The monoisotopic (exact) mass is 259 g/mol. The van der Waals surface area contributed by atoms with Gasteiger partial charge in [0.2, 0.25) is 5.82 Å². The minimum Gasteiger partial charge on any atom is -0.384 e. The molecule has 1 aliphatic heterocycles. The number of aromatic nitrogens is 2. The summed E-state index contributed by atoms with van der Waals surface area (Å²) in [7, 11) is 0. The summed E-state index contributed by atoms with van der Waals surface area (Å²) < 4.78 is 10.8. The topological polar surface area (TPSA) is 60.2 Å². The van der Waals surface area contributed by atoms with Gasteiger partial charge in [0.15, 0.2) is 0 Å². The molecule has 0 saturated heterocycles. The van der Waals surface area contributed by atoms with Gasteiger partial charge in [0, 0.05) is 24.4 Å². The van der Waals surface area contributed by atoms with Crippen LogP contribution in [-0.4, -0.2) is 23.3 Å². The van der Waals surface area contributed by atoms with E-state index in [2.05, 4.69) is 27.6 Å². The second-order valence-electron chi connectivity index (χ2n) is 4.60. The number of ether oxygens (including phenoxy) is 1. The summed E-state index contributed by atoms with van der Waals surface area (Å²) in [6, 6.07) is 6.17. The lowest BCUT2D eigenvalue weighted by atomic mass is 10.1. The predicted molar refractivity (Wildman–Crippen MR) is 72.0 cm³/mol. The fraction of sp³-hybridized carbons (Fsp3) is 0.429. The quantitative estimate of drug-likeness (QED) is 0.914. The highest BCUT2D eigenvalue weighted by molar-refractivity contribution is 5.64. The van der Waals surface area contributed by atoms with Crippen molar-refractivity contribution in [3.8, 4) is 11.5 Å². The van der Waals surface area contributed by atoms with Gasteiger partial charge in [-0.1, -0.05) is 5.16 Å². The Labute approximate surface area is 112 Å². The van der Waals surface area contributed by atoms with Crippen LogP contribution in [-0.2, 0) is 11.2 Å². The molecule has 5 nitrogen and oxygen atoms in total. The summed E-state index contributed by atoms with van der Waals surface area (Å²) in [6.07, 6.45) is 0.901. The minimum atomic E-state index is -0.140. The molecule has 0 spiro atoms. The third kappa shape index (κ3) is 2.33. The van der Waals surface area contributed by atoms with E-state index in [0.717, 1.165) is 18.5 Å². The van der Waals surface area contributed by atoms with E-state index in [1.54, 1.807) is 0 Å². The SMILES string of the molecule is CCOC(C)c1noc(-c2ccc3c(c2)CCN3)n1. The highest BCUT2D eigenvalue weighted by atomic mass is 16.5. The van der Waals surface area contributed by atoms with Crippen molar-refractivity contribution in [3.05, 3.63) is 29.6 Å². The average Bonchev–Trinajstić information content (AvgIpc) is 3.07. The lowest BCUT2D eigenvalue weighted by Gasteiger charge is -2.04. The van der Waals surface area contributed by atoms with Crippen LogP contribution in [0.5, 0.6) is 0 Å². The van der Waals surface area contributed by atoms with E-state index in [1.807, 2.05) is 19.9 Å². The molecule has 0 amide bonds. The Balaban J connectivity index is 1.86. The van der Waals surface area contributed by atoms with Crippen molar-refractivity contribution in [1.29, 1.82) is 0 Å². The van der Waals surface area contributed by atoms with Crippen molar-refractivity contribution in [2.75, 3.05) is 18.5 Å². The summed E-state index contributed by atoms with van der Waals surface area (Å²) >= 11 is 0. The van der Waals surface area contributed by atoms with Crippen LogP contribution in [0.25, 0.3) is 11.5 Å². The molecule has 1 aliphatic rings. The second-order valence-corrected chi connectivity index (χ2v) is 4.60.